The molecule has 0 aliphatic rings. The summed E-state index contributed by atoms with van der Waals surface area (Å²) in [4.78, 5) is 6.60. The molecule has 5 nitrogen and oxygen atoms in total. The molecule has 1 aromatic carbocycles. The number of phenolic OH excluding ortho intramolecular Hbond substituents is 1. The van der Waals surface area contributed by atoms with Crippen molar-refractivity contribution in [3.63, 3.8) is 0 Å². The monoisotopic (exact) mass is 188 g/mol. The molecular formula is C9H8N4O. The van der Waals surface area contributed by atoms with E-state index < -0.39 is 0 Å². The van der Waals surface area contributed by atoms with Crippen molar-refractivity contribution in [3.8, 4) is 5.75 Å². The first-order chi connectivity index (χ1) is 6.84. The number of aromatic nitrogens is 2. The minimum absolute atomic E-state index is 0.213. The third-order valence-corrected chi connectivity index (χ3v) is 1.61. The maximum Gasteiger partial charge on any atom is 0.172 e. The van der Waals surface area contributed by atoms with E-state index in [-0.39, 0.29) is 5.75 Å². The largest absolute Gasteiger partial charge is 0.508 e. The molecule has 0 fully saturated rings. The van der Waals surface area contributed by atoms with Gasteiger partial charge >= 0.3 is 0 Å². The molecule has 0 unspecified atom stereocenters. The van der Waals surface area contributed by atoms with Crippen molar-refractivity contribution >= 4 is 11.5 Å². The van der Waals surface area contributed by atoms with Crippen molar-refractivity contribution < 1.29 is 5.11 Å². The molecule has 0 saturated carbocycles. The number of aromatic amines is 1. The standard InChI is InChI=1S/C9H8N4O/c14-8-3-1-7(2-4-8)12-13-9-5-10-6-11-9/h1-6,14H,(H,10,11). The van der Waals surface area contributed by atoms with E-state index in [4.69, 9.17) is 5.11 Å². The van der Waals surface area contributed by atoms with Crippen molar-refractivity contribution in [2.24, 2.45) is 10.2 Å². The summed E-state index contributed by atoms with van der Waals surface area (Å²) in [6.45, 7) is 0. The summed E-state index contributed by atoms with van der Waals surface area (Å²) < 4.78 is 0. The van der Waals surface area contributed by atoms with Gasteiger partial charge in [-0.1, -0.05) is 0 Å². The second-order valence-corrected chi connectivity index (χ2v) is 2.65. The molecule has 70 valence electrons. The van der Waals surface area contributed by atoms with Crippen LogP contribution in [-0.2, 0) is 0 Å². The number of nitrogens with zero attached hydrogens (tertiary/aromatic N) is 3. The number of H-pyrrole nitrogens is 1. The molecule has 0 bridgehead atoms. The zero-order valence-electron chi connectivity index (χ0n) is 7.25. The van der Waals surface area contributed by atoms with Crippen LogP contribution in [0.15, 0.2) is 47.0 Å². The molecule has 1 heterocycles. The SMILES string of the molecule is Oc1ccc(N=Nc2cnc[nH]2)cc1. The molecule has 0 aliphatic heterocycles. The van der Waals surface area contributed by atoms with Gasteiger partial charge in [-0.3, -0.25) is 0 Å². The Hall–Kier alpha value is -2.17. The number of nitrogens with one attached hydrogen (secondary N) is 1. The van der Waals surface area contributed by atoms with Gasteiger partial charge in [0, 0.05) is 0 Å². The van der Waals surface area contributed by atoms with E-state index in [2.05, 4.69) is 20.2 Å². The summed E-state index contributed by atoms with van der Waals surface area (Å²) in [7, 11) is 0. The molecule has 1 aromatic heterocycles. The van der Waals surface area contributed by atoms with E-state index in [0.29, 0.717) is 11.5 Å². The first kappa shape index (κ1) is 8.43. The normalized spacial score (nSPS) is 10.9. The molecule has 0 aliphatic carbocycles. The molecule has 0 radical (unpaired) electrons. The van der Waals surface area contributed by atoms with Crippen LogP contribution < -0.4 is 0 Å². The van der Waals surface area contributed by atoms with E-state index >= 15 is 0 Å². The highest BCUT2D eigenvalue weighted by molar-refractivity contribution is 5.40. The number of aromatic hydroxyl groups is 1. The highest BCUT2D eigenvalue weighted by atomic mass is 16.3. The molecular weight excluding hydrogens is 180 g/mol. The van der Waals surface area contributed by atoms with Gasteiger partial charge in [-0.25, -0.2) is 4.98 Å². The summed E-state index contributed by atoms with van der Waals surface area (Å²) in [5, 5.41) is 16.8. The zero-order chi connectivity index (χ0) is 9.80. The number of imidazole rings is 1. The van der Waals surface area contributed by atoms with Gasteiger partial charge in [0.15, 0.2) is 5.82 Å². The van der Waals surface area contributed by atoms with Crippen molar-refractivity contribution in [2.45, 2.75) is 0 Å². The minimum atomic E-state index is 0.213. The van der Waals surface area contributed by atoms with Crippen LogP contribution in [0.2, 0.25) is 0 Å². The highest BCUT2D eigenvalue weighted by Gasteiger charge is 1.91. The van der Waals surface area contributed by atoms with E-state index in [9.17, 15) is 0 Å². The Bertz CT molecular complexity index is 419. The van der Waals surface area contributed by atoms with Gasteiger partial charge in [0.25, 0.3) is 0 Å². The second kappa shape index (κ2) is 3.69. The summed E-state index contributed by atoms with van der Waals surface area (Å²) in [5.41, 5.74) is 0.678. The van der Waals surface area contributed by atoms with E-state index in [0.717, 1.165) is 0 Å². The van der Waals surface area contributed by atoms with Crippen molar-refractivity contribution in [3.05, 3.63) is 36.8 Å². The van der Waals surface area contributed by atoms with Gasteiger partial charge in [0.05, 0.1) is 18.2 Å². The summed E-state index contributed by atoms with van der Waals surface area (Å²) in [6, 6.07) is 6.47. The molecule has 14 heavy (non-hydrogen) atoms. The molecule has 2 aromatic rings. The van der Waals surface area contributed by atoms with Crippen LogP contribution in [0.5, 0.6) is 5.75 Å². The molecule has 0 saturated heterocycles. The lowest BCUT2D eigenvalue weighted by molar-refractivity contribution is 0.475. The van der Waals surface area contributed by atoms with E-state index in [1.807, 2.05) is 0 Å². The zero-order valence-corrected chi connectivity index (χ0v) is 7.25. The fourth-order valence-corrected chi connectivity index (χ4v) is 0.934. The minimum Gasteiger partial charge on any atom is -0.508 e. The van der Waals surface area contributed by atoms with Gasteiger partial charge in [-0.15, -0.1) is 10.2 Å². The van der Waals surface area contributed by atoms with Gasteiger partial charge in [-0.2, -0.15) is 0 Å². The van der Waals surface area contributed by atoms with Crippen molar-refractivity contribution in [2.75, 3.05) is 0 Å². The summed E-state index contributed by atoms with van der Waals surface area (Å²) in [5.74, 6) is 0.809. The van der Waals surface area contributed by atoms with Crippen LogP contribution in [0.1, 0.15) is 0 Å². The quantitative estimate of drug-likeness (QED) is 0.710. The predicted molar refractivity (Wildman–Crippen MR) is 50.9 cm³/mol. The van der Waals surface area contributed by atoms with Crippen LogP contribution in [0.25, 0.3) is 0 Å². The Morgan fingerprint density at radius 2 is 1.93 bits per heavy atom. The second-order valence-electron chi connectivity index (χ2n) is 2.65. The van der Waals surface area contributed by atoms with Crippen LogP contribution in [0.3, 0.4) is 0 Å². The number of hydrogen-bond donors (Lipinski definition) is 2. The lowest BCUT2D eigenvalue weighted by Gasteiger charge is -1.91. The van der Waals surface area contributed by atoms with Crippen LogP contribution >= 0.6 is 0 Å². The predicted octanol–water partition coefficient (Wildman–Crippen LogP) is 2.53. The first-order valence-electron chi connectivity index (χ1n) is 4.04. The highest BCUT2D eigenvalue weighted by Crippen LogP contribution is 2.18. The number of benzene rings is 1. The van der Waals surface area contributed by atoms with Crippen molar-refractivity contribution in [1.82, 2.24) is 9.97 Å². The smallest absolute Gasteiger partial charge is 0.172 e. The summed E-state index contributed by atoms with van der Waals surface area (Å²) in [6.07, 6.45) is 3.11. The molecule has 0 atom stereocenters. The van der Waals surface area contributed by atoms with Crippen LogP contribution in [0, 0.1) is 0 Å². The Morgan fingerprint density at radius 1 is 1.14 bits per heavy atom. The first-order valence-corrected chi connectivity index (χ1v) is 4.04. The average molecular weight is 188 g/mol. The number of hydrogen-bond acceptors (Lipinski definition) is 4. The van der Waals surface area contributed by atoms with Gasteiger partial charge < -0.3 is 10.1 Å². The Kier molecular flexibility index (Phi) is 2.22. The lowest BCUT2D eigenvalue weighted by atomic mass is 10.3. The maximum absolute atomic E-state index is 9.02. The Morgan fingerprint density at radius 3 is 2.57 bits per heavy atom. The van der Waals surface area contributed by atoms with Crippen molar-refractivity contribution in [1.29, 1.82) is 0 Å². The molecule has 5 heteroatoms. The number of phenols is 1. The summed E-state index contributed by atoms with van der Waals surface area (Å²) >= 11 is 0. The van der Waals surface area contributed by atoms with Crippen LogP contribution in [0.4, 0.5) is 11.5 Å². The molecule has 2 N–H and O–H groups in total. The van der Waals surface area contributed by atoms with Gasteiger partial charge in [0.1, 0.15) is 5.75 Å². The fraction of sp³-hybridized carbons (Fsp3) is 0. The molecule has 0 amide bonds. The van der Waals surface area contributed by atoms with Gasteiger partial charge in [-0.05, 0) is 24.3 Å². The topological polar surface area (TPSA) is 73.6 Å². The molecule has 0 spiro atoms. The Labute approximate surface area is 80.2 Å². The van der Waals surface area contributed by atoms with E-state index in [1.165, 1.54) is 6.33 Å². The fourth-order valence-electron chi connectivity index (χ4n) is 0.934. The lowest BCUT2D eigenvalue weighted by Crippen LogP contribution is -1.64. The van der Waals surface area contributed by atoms with Crippen LogP contribution in [-0.4, -0.2) is 15.1 Å². The number of rotatable bonds is 2. The Balaban J connectivity index is 2.15. The molecule has 2 rings (SSSR count). The number of azo groups is 1. The maximum atomic E-state index is 9.02. The average Bonchev–Trinajstić information content (AvgIpc) is 2.70. The van der Waals surface area contributed by atoms with Gasteiger partial charge in [0.2, 0.25) is 0 Å². The third kappa shape index (κ3) is 1.95. The third-order valence-electron chi connectivity index (χ3n) is 1.61. The van der Waals surface area contributed by atoms with E-state index in [1.54, 1.807) is 30.5 Å².